The largest absolute Gasteiger partial charge is 0.494 e. The normalized spacial score (nSPS) is 18.3. The van der Waals surface area contributed by atoms with Crippen molar-refractivity contribution in [1.29, 1.82) is 0 Å². The molecule has 1 aliphatic rings. The van der Waals surface area contributed by atoms with Gasteiger partial charge in [-0.3, -0.25) is 4.57 Å². The molecule has 1 aromatic heterocycles. The molecule has 118 valence electrons. The Hall–Kier alpha value is -2.11. The molecule has 6 heteroatoms. The van der Waals surface area contributed by atoms with Crippen LogP contribution in [0.5, 0.6) is 11.8 Å². The molecule has 3 nitrogen and oxygen atoms in total. The van der Waals surface area contributed by atoms with Crippen LogP contribution in [0.2, 0.25) is 0 Å². The third kappa shape index (κ3) is 2.32. The number of benzene rings is 1. The minimum absolute atomic E-state index is 0.104. The molecular weight excluding hydrogens is 295 g/mol. The number of alkyl halides is 3. The third-order valence-electron chi connectivity index (χ3n) is 4.20. The fraction of sp³-hybridized carbons (Fsp3) is 0.375. The first-order chi connectivity index (χ1) is 10.3. The van der Waals surface area contributed by atoms with Gasteiger partial charge in [-0.05, 0) is 43.4 Å². The van der Waals surface area contributed by atoms with E-state index in [2.05, 4.69) is 0 Å². The van der Waals surface area contributed by atoms with Gasteiger partial charge in [-0.25, -0.2) is 0 Å². The Morgan fingerprint density at radius 3 is 2.50 bits per heavy atom. The van der Waals surface area contributed by atoms with Gasteiger partial charge in [0.2, 0.25) is 11.8 Å². The first-order valence-electron chi connectivity index (χ1n) is 7.11. The molecule has 0 aliphatic heterocycles. The fourth-order valence-corrected chi connectivity index (χ4v) is 3.02. The summed E-state index contributed by atoms with van der Waals surface area (Å²) in [6.45, 7) is 2.04. The monoisotopic (exact) mass is 311 g/mol. The second-order valence-electron chi connectivity index (χ2n) is 5.84. The fourth-order valence-electron chi connectivity index (χ4n) is 3.02. The van der Waals surface area contributed by atoms with E-state index in [1.54, 1.807) is 0 Å². The van der Waals surface area contributed by atoms with E-state index in [0.29, 0.717) is 29.9 Å². The second-order valence-corrected chi connectivity index (χ2v) is 5.84. The van der Waals surface area contributed by atoms with Gasteiger partial charge in [0.05, 0.1) is 11.3 Å². The van der Waals surface area contributed by atoms with E-state index in [1.807, 2.05) is 6.92 Å². The molecule has 1 aromatic carbocycles. The van der Waals surface area contributed by atoms with Gasteiger partial charge in [0.25, 0.3) is 0 Å². The number of fused-ring (bicyclic) bond motifs is 1. The van der Waals surface area contributed by atoms with Crippen LogP contribution in [0.3, 0.4) is 0 Å². The van der Waals surface area contributed by atoms with E-state index in [9.17, 15) is 23.4 Å². The van der Waals surface area contributed by atoms with Crippen LogP contribution in [0.15, 0.2) is 24.3 Å². The van der Waals surface area contributed by atoms with Crippen molar-refractivity contribution in [2.75, 3.05) is 0 Å². The van der Waals surface area contributed by atoms with Crippen LogP contribution >= 0.6 is 0 Å². The second kappa shape index (κ2) is 4.97. The molecule has 0 radical (unpaired) electrons. The van der Waals surface area contributed by atoms with Gasteiger partial charge in [-0.1, -0.05) is 13.0 Å². The van der Waals surface area contributed by atoms with Gasteiger partial charge < -0.3 is 10.2 Å². The maximum absolute atomic E-state index is 12.8. The molecule has 0 saturated carbocycles. The number of aromatic hydroxyl groups is 2. The van der Waals surface area contributed by atoms with Crippen LogP contribution in [-0.2, 0) is 19.0 Å². The third-order valence-corrected chi connectivity index (χ3v) is 4.20. The lowest BCUT2D eigenvalue weighted by Gasteiger charge is -2.17. The summed E-state index contributed by atoms with van der Waals surface area (Å²) in [5, 5.41) is 20.7. The lowest BCUT2D eigenvalue weighted by molar-refractivity contribution is -0.137. The maximum atomic E-state index is 12.8. The van der Waals surface area contributed by atoms with E-state index in [-0.39, 0.29) is 17.4 Å². The molecule has 1 unspecified atom stereocenters. The zero-order chi connectivity index (χ0) is 16.1. The van der Waals surface area contributed by atoms with Crippen LogP contribution in [0, 0.1) is 5.92 Å². The topological polar surface area (TPSA) is 45.4 Å². The minimum Gasteiger partial charge on any atom is -0.494 e. The predicted octanol–water partition coefficient (Wildman–Crippen LogP) is 4.03. The summed E-state index contributed by atoms with van der Waals surface area (Å²) in [5.74, 6) is 0.0345. The molecule has 3 rings (SSSR count). The van der Waals surface area contributed by atoms with Crippen molar-refractivity contribution in [3.05, 3.63) is 41.0 Å². The molecule has 0 saturated heterocycles. The molecular formula is C16H16F3NO2. The number of rotatable bonds is 1. The van der Waals surface area contributed by atoms with Crippen LogP contribution in [0.25, 0.3) is 5.69 Å². The summed E-state index contributed by atoms with van der Waals surface area (Å²) in [7, 11) is 0. The van der Waals surface area contributed by atoms with Crippen molar-refractivity contribution in [1.82, 2.24) is 4.57 Å². The molecule has 1 atom stereocenters. The average molecular weight is 311 g/mol. The molecule has 1 heterocycles. The van der Waals surface area contributed by atoms with Crippen molar-refractivity contribution >= 4 is 0 Å². The van der Waals surface area contributed by atoms with E-state index in [4.69, 9.17) is 0 Å². The summed E-state index contributed by atoms with van der Waals surface area (Å²) >= 11 is 0. The van der Waals surface area contributed by atoms with E-state index in [0.717, 1.165) is 23.1 Å². The summed E-state index contributed by atoms with van der Waals surface area (Å²) in [6, 6.07) is 4.58. The quantitative estimate of drug-likeness (QED) is 0.835. The molecule has 0 spiro atoms. The van der Waals surface area contributed by atoms with Gasteiger partial charge in [0.1, 0.15) is 0 Å². The Balaban J connectivity index is 2.14. The highest BCUT2D eigenvalue weighted by atomic mass is 19.4. The maximum Gasteiger partial charge on any atom is 0.416 e. The standard InChI is InChI=1S/C16H16F3NO2/c1-9-5-6-12-13(7-9)15(22)20(14(12)21)11-4-2-3-10(8-11)16(17,18)19/h2-4,8-9,21-22H,5-7H2,1H3. The first-order valence-corrected chi connectivity index (χ1v) is 7.11. The Morgan fingerprint density at radius 2 is 1.82 bits per heavy atom. The Morgan fingerprint density at radius 1 is 1.14 bits per heavy atom. The van der Waals surface area contributed by atoms with Gasteiger partial charge in [-0.15, -0.1) is 0 Å². The number of hydrogen-bond donors (Lipinski definition) is 2. The number of hydrogen-bond acceptors (Lipinski definition) is 2. The highest BCUT2D eigenvalue weighted by molar-refractivity contribution is 5.54. The molecule has 0 amide bonds. The highest BCUT2D eigenvalue weighted by Crippen LogP contribution is 2.42. The number of halogens is 3. The Bertz CT molecular complexity index is 719. The smallest absolute Gasteiger partial charge is 0.416 e. The van der Waals surface area contributed by atoms with E-state index >= 15 is 0 Å². The van der Waals surface area contributed by atoms with Gasteiger partial charge in [0, 0.05) is 11.1 Å². The molecule has 2 N–H and O–H groups in total. The summed E-state index contributed by atoms with van der Waals surface area (Å²) in [5.41, 5.74) is 0.553. The van der Waals surface area contributed by atoms with Crippen LogP contribution in [0.1, 0.15) is 30.0 Å². The number of nitrogens with zero attached hydrogens (tertiary/aromatic N) is 1. The van der Waals surface area contributed by atoms with Crippen molar-refractivity contribution in [2.24, 2.45) is 5.92 Å². The lowest BCUT2D eigenvalue weighted by Crippen LogP contribution is -2.09. The highest BCUT2D eigenvalue weighted by Gasteiger charge is 2.32. The first kappa shape index (κ1) is 14.8. The van der Waals surface area contributed by atoms with Crippen molar-refractivity contribution in [3.63, 3.8) is 0 Å². The van der Waals surface area contributed by atoms with Gasteiger partial charge in [-0.2, -0.15) is 13.2 Å². The SMILES string of the molecule is CC1CCc2c(c(O)n(-c3cccc(C(F)(F)F)c3)c2O)C1. The van der Waals surface area contributed by atoms with Crippen LogP contribution in [-0.4, -0.2) is 14.8 Å². The van der Waals surface area contributed by atoms with Crippen molar-refractivity contribution < 1.29 is 23.4 Å². The Kier molecular flexibility index (Phi) is 3.34. The molecule has 22 heavy (non-hydrogen) atoms. The summed E-state index contributed by atoms with van der Waals surface area (Å²) in [6.07, 6.45) is -2.36. The number of aromatic nitrogens is 1. The summed E-state index contributed by atoms with van der Waals surface area (Å²) < 4.78 is 39.6. The van der Waals surface area contributed by atoms with Gasteiger partial charge >= 0.3 is 6.18 Å². The molecule has 0 bridgehead atoms. The van der Waals surface area contributed by atoms with Gasteiger partial charge in [0.15, 0.2) is 0 Å². The average Bonchev–Trinajstić information content (AvgIpc) is 2.69. The van der Waals surface area contributed by atoms with Crippen LogP contribution in [0.4, 0.5) is 13.2 Å². The summed E-state index contributed by atoms with van der Waals surface area (Å²) in [4.78, 5) is 0. The Labute approximate surface area is 125 Å². The minimum atomic E-state index is -4.47. The van der Waals surface area contributed by atoms with E-state index in [1.165, 1.54) is 12.1 Å². The van der Waals surface area contributed by atoms with Crippen molar-refractivity contribution in [3.8, 4) is 17.4 Å². The molecule has 2 aromatic rings. The molecule has 0 fully saturated rings. The molecule has 1 aliphatic carbocycles. The lowest BCUT2D eigenvalue weighted by atomic mass is 9.87. The zero-order valence-corrected chi connectivity index (χ0v) is 12.0. The predicted molar refractivity (Wildman–Crippen MR) is 75.3 cm³/mol. The van der Waals surface area contributed by atoms with Crippen LogP contribution < -0.4 is 0 Å². The van der Waals surface area contributed by atoms with Crippen molar-refractivity contribution in [2.45, 2.75) is 32.4 Å². The van der Waals surface area contributed by atoms with E-state index < -0.39 is 11.7 Å². The zero-order valence-electron chi connectivity index (χ0n) is 12.0.